The Labute approximate surface area is 92.7 Å². The minimum Gasteiger partial charge on any atom is -0.456 e. The average molecular weight is 226 g/mol. The number of ether oxygens (including phenoxy) is 2. The van der Waals surface area contributed by atoms with Gasteiger partial charge in [0.05, 0.1) is 19.8 Å². The van der Waals surface area contributed by atoms with Crippen molar-refractivity contribution in [2.45, 2.75) is 19.6 Å². The van der Waals surface area contributed by atoms with Crippen LogP contribution in [0.4, 0.5) is 0 Å². The van der Waals surface area contributed by atoms with Crippen molar-refractivity contribution < 1.29 is 18.7 Å². The fourth-order valence-electron chi connectivity index (χ4n) is 1.36. The van der Waals surface area contributed by atoms with Crippen molar-refractivity contribution in [3.05, 3.63) is 23.2 Å². The van der Waals surface area contributed by atoms with Gasteiger partial charge in [0.15, 0.2) is 5.76 Å². The molecule has 3 N–H and O–H groups in total. The lowest BCUT2D eigenvalue weighted by molar-refractivity contribution is -0.135. The van der Waals surface area contributed by atoms with E-state index in [1.54, 1.807) is 13.0 Å². The maximum absolute atomic E-state index is 11.2. The number of rotatable bonds is 4. The third-order valence-electron chi connectivity index (χ3n) is 2.46. The summed E-state index contributed by atoms with van der Waals surface area (Å²) >= 11 is 0. The van der Waals surface area contributed by atoms with Crippen molar-refractivity contribution in [1.82, 2.24) is 5.43 Å². The van der Waals surface area contributed by atoms with E-state index in [4.69, 9.17) is 19.7 Å². The third-order valence-corrected chi connectivity index (χ3v) is 2.46. The molecular weight excluding hydrogens is 212 g/mol. The standard InChI is InChI=1S/C10H14N2O4/c1-6-7(3-15-8-4-14-5-8)2-9(16-6)10(13)12-11/h2,8H,3-5,11H2,1H3,(H,12,13). The molecule has 1 saturated heterocycles. The Morgan fingerprint density at radius 2 is 2.44 bits per heavy atom. The monoisotopic (exact) mass is 226 g/mol. The van der Waals surface area contributed by atoms with Crippen LogP contribution in [0.3, 0.4) is 0 Å². The number of nitrogens with one attached hydrogen (secondary N) is 1. The fourth-order valence-corrected chi connectivity index (χ4v) is 1.36. The van der Waals surface area contributed by atoms with Crippen LogP contribution in [0, 0.1) is 6.92 Å². The van der Waals surface area contributed by atoms with Crippen LogP contribution in [0.2, 0.25) is 0 Å². The van der Waals surface area contributed by atoms with E-state index in [0.29, 0.717) is 25.6 Å². The van der Waals surface area contributed by atoms with Crippen LogP contribution in [0.15, 0.2) is 10.5 Å². The smallest absolute Gasteiger partial charge is 0.300 e. The van der Waals surface area contributed by atoms with Gasteiger partial charge in [0.25, 0.3) is 0 Å². The lowest BCUT2D eigenvalue weighted by atomic mass is 10.2. The normalized spacial score (nSPS) is 15.9. The number of carbonyl (C=O) groups excluding carboxylic acids is 1. The van der Waals surface area contributed by atoms with Crippen molar-refractivity contribution in [1.29, 1.82) is 0 Å². The van der Waals surface area contributed by atoms with Crippen molar-refractivity contribution in [2.75, 3.05) is 13.2 Å². The molecule has 1 amide bonds. The lowest BCUT2D eigenvalue weighted by Gasteiger charge is -2.25. The number of nitrogen functional groups attached to an aromatic ring is 1. The average Bonchev–Trinajstić information content (AvgIpc) is 2.57. The Kier molecular flexibility index (Phi) is 3.23. The number of hydrogen-bond acceptors (Lipinski definition) is 5. The molecule has 0 spiro atoms. The first-order valence-electron chi connectivity index (χ1n) is 5.00. The first-order chi connectivity index (χ1) is 7.70. The van der Waals surface area contributed by atoms with E-state index < -0.39 is 5.91 Å². The van der Waals surface area contributed by atoms with E-state index in [2.05, 4.69) is 0 Å². The number of amides is 1. The molecule has 0 atom stereocenters. The Hall–Kier alpha value is -1.37. The summed E-state index contributed by atoms with van der Waals surface area (Å²) in [6.45, 7) is 3.46. The van der Waals surface area contributed by atoms with Crippen molar-refractivity contribution >= 4 is 5.91 Å². The maximum Gasteiger partial charge on any atom is 0.300 e. The minimum atomic E-state index is -0.443. The molecule has 1 fully saturated rings. The number of furan rings is 1. The molecule has 1 aliphatic heterocycles. The molecule has 0 saturated carbocycles. The topological polar surface area (TPSA) is 86.7 Å². The molecule has 1 aromatic heterocycles. The van der Waals surface area contributed by atoms with Crippen LogP contribution >= 0.6 is 0 Å². The van der Waals surface area contributed by atoms with Gasteiger partial charge in [-0.05, 0) is 13.0 Å². The van der Waals surface area contributed by atoms with Gasteiger partial charge in [0.2, 0.25) is 0 Å². The van der Waals surface area contributed by atoms with Crippen LogP contribution in [-0.4, -0.2) is 25.2 Å². The minimum absolute atomic E-state index is 0.154. The van der Waals surface area contributed by atoms with E-state index in [-0.39, 0.29) is 11.9 Å². The van der Waals surface area contributed by atoms with Crippen molar-refractivity contribution in [3.8, 4) is 0 Å². The summed E-state index contributed by atoms with van der Waals surface area (Å²) in [6, 6.07) is 1.64. The molecule has 2 rings (SSSR count). The molecule has 6 heteroatoms. The van der Waals surface area contributed by atoms with Gasteiger partial charge < -0.3 is 13.9 Å². The summed E-state index contributed by atoms with van der Waals surface area (Å²) in [6.07, 6.45) is 0.154. The molecule has 88 valence electrons. The van der Waals surface area contributed by atoms with Crippen LogP contribution in [0.25, 0.3) is 0 Å². The zero-order chi connectivity index (χ0) is 11.5. The molecule has 16 heavy (non-hydrogen) atoms. The van der Waals surface area contributed by atoms with Crippen LogP contribution in [0.5, 0.6) is 0 Å². The van der Waals surface area contributed by atoms with Crippen molar-refractivity contribution in [3.63, 3.8) is 0 Å². The maximum atomic E-state index is 11.2. The first kappa shape index (κ1) is 11.1. The molecule has 1 aliphatic rings. The number of hydrogen-bond donors (Lipinski definition) is 2. The second-order valence-electron chi connectivity index (χ2n) is 3.64. The van der Waals surface area contributed by atoms with Gasteiger partial charge in [-0.3, -0.25) is 10.2 Å². The number of nitrogens with two attached hydrogens (primary N) is 1. The van der Waals surface area contributed by atoms with Gasteiger partial charge in [-0.15, -0.1) is 0 Å². The Morgan fingerprint density at radius 3 is 3.00 bits per heavy atom. The molecule has 6 nitrogen and oxygen atoms in total. The highest BCUT2D eigenvalue weighted by atomic mass is 16.6. The summed E-state index contributed by atoms with van der Waals surface area (Å²) < 4.78 is 15.8. The molecule has 0 aromatic carbocycles. The van der Waals surface area contributed by atoms with Crippen LogP contribution < -0.4 is 11.3 Å². The van der Waals surface area contributed by atoms with Gasteiger partial charge >= 0.3 is 5.91 Å². The summed E-state index contributed by atoms with van der Waals surface area (Å²) in [5, 5.41) is 0. The van der Waals surface area contributed by atoms with Gasteiger partial charge in [-0.1, -0.05) is 0 Å². The first-order valence-corrected chi connectivity index (χ1v) is 5.00. The Balaban J connectivity index is 1.97. The number of aryl methyl sites for hydroxylation is 1. The fraction of sp³-hybridized carbons (Fsp3) is 0.500. The highest BCUT2D eigenvalue weighted by Crippen LogP contribution is 2.17. The van der Waals surface area contributed by atoms with Gasteiger partial charge in [0.1, 0.15) is 11.9 Å². The second-order valence-corrected chi connectivity index (χ2v) is 3.64. The summed E-state index contributed by atoms with van der Waals surface area (Å²) in [5.41, 5.74) is 2.87. The van der Waals surface area contributed by atoms with Crippen molar-refractivity contribution in [2.24, 2.45) is 5.84 Å². The molecule has 0 aliphatic carbocycles. The van der Waals surface area contributed by atoms with E-state index in [9.17, 15) is 4.79 Å². The molecule has 1 aromatic rings. The number of hydrazine groups is 1. The predicted octanol–water partition coefficient (Wildman–Crippen LogP) is 0.107. The van der Waals surface area contributed by atoms with Crippen LogP contribution in [0.1, 0.15) is 21.9 Å². The second kappa shape index (κ2) is 4.65. The van der Waals surface area contributed by atoms with E-state index in [1.165, 1.54) is 0 Å². The largest absolute Gasteiger partial charge is 0.456 e. The van der Waals surface area contributed by atoms with Gasteiger partial charge in [-0.2, -0.15) is 0 Å². The quantitative estimate of drug-likeness (QED) is 0.432. The molecule has 2 heterocycles. The third kappa shape index (κ3) is 2.24. The van der Waals surface area contributed by atoms with Gasteiger partial charge in [0, 0.05) is 5.56 Å². The highest BCUT2D eigenvalue weighted by Gasteiger charge is 2.20. The van der Waals surface area contributed by atoms with Crippen LogP contribution in [-0.2, 0) is 16.1 Å². The summed E-state index contributed by atoms with van der Waals surface area (Å²) in [5.74, 6) is 5.43. The summed E-state index contributed by atoms with van der Waals surface area (Å²) in [4.78, 5) is 11.2. The molecule has 0 unspecified atom stereocenters. The zero-order valence-corrected chi connectivity index (χ0v) is 8.99. The lowest BCUT2D eigenvalue weighted by Crippen LogP contribution is -2.35. The number of carbonyl (C=O) groups is 1. The zero-order valence-electron chi connectivity index (χ0n) is 8.99. The van der Waals surface area contributed by atoms with Gasteiger partial charge in [-0.25, -0.2) is 5.84 Å². The van der Waals surface area contributed by atoms with E-state index in [0.717, 1.165) is 5.56 Å². The molecular formula is C10H14N2O4. The Bertz CT molecular complexity index is 384. The molecule has 0 radical (unpaired) electrons. The molecule has 0 bridgehead atoms. The predicted molar refractivity (Wildman–Crippen MR) is 54.5 cm³/mol. The highest BCUT2D eigenvalue weighted by molar-refractivity contribution is 5.91. The van der Waals surface area contributed by atoms with E-state index >= 15 is 0 Å². The van der Waals surface area contributed by atoms with E-state index in [1.807, 2.05) is 5.43 Å². The SMILES string of the molecule is Cc1oc(C(=O)NN)cc1COC1COC1. The summed E-state index contributed by atoms with van der Waals surface area (Å²) in [7, 11) is 0. The Morgan fingerprint density at radius 1 is 1.69 bits per heavy atom.